The van der Waals surface area contributed by atoms with Gasteiger partial charge in [0.1, 0.15) is 0 Å². The van der Waals surface area contributed by atoms with Crippen LogP contribution in [0.3, 0.4) is 0 Å². The highest BCUT2D eigenvalue weighted by Crippen LogP contribution is 2.38. The summed E-state index contributed by atoms with van der Waals surface area (Å²) in [6, 6.07) is 57.5. The van der Waals surface area contributed by atoms with Gasteiger partial charge in [0.2, 0.25) is 0 Å². The van der Waals surface area contributed by atoms with E-state index in [1.54, 1.807) is 0 Å². The van der Waals surface area contributed by atoms with Gasteiger partial charge in [0.25, 0.3) is 0 Å². The molecule has 0 atom stereocenters. The average Bonchev–Trinajstić information content (AvgIpc) is 3.11. The van der Waals surface area contributed by atoms with Gasteiger partial charge in [0, 0.05) is 43.5 Å². The molecular weight excluding hydrogens is 581 g/mol. The average molecular weight is 629 g/mol. The lowest BCUT2D eigenvalue weighted by molar-refractivity contribution is 0.559. The van der Waals surface area contributed by atoms with Gasteiger partial charge in [-0.15, -0.1) is 0 Å². The van der Waals surface area contributed by atoms with Crippen molar-refractivity contribution < 1.29 is 0 Å². The third-order valence-corrected chi connectivity index (χ3v) is 9.44. The maximum Gasteiger partial charge on any atom is 0.0433 e. The van der Waals surface area contributed by atoms with E-state index >= 15 is 0 Å². The molecule has 0 aliphatic carbocycles. The Bertz CT molecular complexity index is 1650. The Kier molecular flexibility index (Phi) is 10.7. The van der Waals surface area contributed by atoms with Crippen molar-refractivity contribution in [3.63, 3.8) is 0 Å². The normalized spacial score (nSPS) is 11.2. The monoisotopic (exact) mass is 628 g/mol. The van der Waals surface area contributed by atoms with Crippen molar-refractivity contribution in [1.82, 2.24) is 0 Å². The maximum atomic E-state index is 2.50. The first kappa shape index (κ1) is 32.8. The van der Waals surface area contributed by atoms with Crippen LogP contribution >= 0.6 is 0 Å². The van der Waals surface area contributed by atoms with Crippen molar-refractivity contribution >= 4 is 11.4 Å². The lowest BCUT2D eigenvalue weighted by Crippen LogP contribution is -2.23. The van der Waals surface area contributed by atoms with Gasteiger partial charge in [-0.2, -0.15) is 0 Å². The van der Waals surface area contributed by atoms with E-state index in [1.165, 1.54) is 55.9 Å². The highest BCUT2D eigenvalue weighted by molar-refractivity contribution is 5.57. The molecule has 242 valence electrons. The van der Waals surface area contributed by atoms with Crippen molar-refractivity contribution in [3.05, 3.63) is 202 Å². The summed E-state index contributed by atoms with van der Waals surface area (Å²) in [6.45, 7) is 12.8. The van der Waals surface area contributed by atoms with Crippen LogP contribution in [0.1, 0.15) is 64.3 Å². The number of hydrogen-bond donors (Lipinski definition) is 0. The van der Waals surface area contributed by atoms with Gasteiger partial charge in [0.05, 0.1) is 0 Å². The van der Waals surface area contributed by atoms with Crippen LogP contribution in [-0.4, -0.2) is 0 Å². The molecule has 6 aromatic carbocycles. The van der Waals surface area contributed by atoms with E-state index < -0.39 is 0 Å². The first-order valence-corrected chi connectivity index (χ1v) is 17.3. The summed E-state index contributed by atoms with van der Waals surface area (Å²) in [5, 5.41) is 0. The summed E-state index contributed by atoms with van der Waals surface area (Å²) < 4.78 is 0. The summed E-state index contributed by atoms with van der Waals surface area (Å²) >= 11 is 0. The predicted octanol–water partition coefficient (Wildman–Crippen LogP) is 11.5. The Morgan fingerprint density at radius 1 is 0.396 bits per heavy atom. The second-order valence-electron chi connectivity index (χ2n) is 13.5. The molecule has 0 spiro atoms. The van der Waals surface area contributed by atoms with E-state index in [2.05, 4.69) is 195 Å². The number of benzene rings is 6. The summed E-state index contributed by atoms with van der Waals surface area (Å²) in [5.74, 6) is 0.759. The van der Waals surface area contributed by atoms with E-state index in [1.807, 2.05) is 0 Å². The number of hydrogen-bond acceptors (Lipinski definition) is 2. The van der Waals surface area contributed by atoms with Crippen molar-refractivity contribution in [2.24, 2.45) is 5.92 Å². The van der Waals surface area contributed by atoms with Crippen LogP contribution < -0.4 is 9.80 Å². The Labute approximate surface area is 288 Å². The molecule has 0 aromatic heterocycles. The highest BCUT2D eigenvalue weighted by Gasteiger charge is 2.23. The van der Waals surface area contributed by atoms with E-state index in [-0.39, 0.29) is 0 Å². The number of aryl methyl sites for hydroxylation is 2. The molecule has 0 N–H and O–H groups in total. The molecule has 0 unspecified atom stereocenters. The molecule has 48 heavy (non-hydrogen) atoms. The van der Waals surface area contributed by atoms with Crippen LogP contribution in [-0.2, 0) is 26.2 Å². The molecule has 6 aromatic rings. The topological polar surface area (TPSA) is 6.48 Å². The van der Waals surface area contributed by atoms with E-state index in [0.29, 0.717) is 11.8 Å². The van der Waals surface area contributed by atoms with Crippen molar-refractivity contribution in [1.29, 1.82) is 0 Å². The zero-order valence-corrected chi connectivity index (χ0v) is 28.9. The molecular formula is C46H48N2. The van der Waals surface area contributed by atoms with Gasteiger partial charge < -0.3 is 9.80 Å². The number of rotatable bonds is 13. The minimum atomic E-state index is 0.307. The fourth-order valence-electron chi connectivity index (χ4n) is 6.99. The Morgan fingerprint density at radius 2 is 0.688 bits per heavy atom. The molecule has 0 saturated carbocycles. The van der Waals surface area contributed by atoms with Crippen LogP contribution in [0.4, 0.5) is 11.4 Å². The molecule has 0 radical (unpaired) electrons. The van der Waals surface area contributed by atoms with Gasteiger partial charge in [-0.3, -0.25) is 0 Å². The summed E-state index contributed by atoms with van der Waals surface area (Å²) in [7, 11) is 0. The number of anilines is 2. The van der Waals surface area contributed by atoms with Gasteiger partial charge in [-0.25, -0.2) is 0 Å². The molecule has 0 bridgehead atoms. The Balaban J connectivity index is 1.30. The third-order valence-electron chi connectivity index (χ3n) is 9.44. The molecule has 6 rings (SSSR count). The Hall–Kier alpha value is -5.08. The van der Waals surface area contributed by atoms with Crippen LogP contribution in [0.15, 0.2) is 158 Å². The van der Waals surface area contributed by atoms with Crippen LogP contribution in [0, 0.1) is 19.8 Å². The molecule has 0 heterocycles. The van der Waals surface area contributed by atoms with Gasteiger partial charge in [0.15, 0.2) is 0 Å². The van der Waals surface area contributed by atoms with Gasteiger partial charge >= 0.3 is 0 Å². The zero-order chi connectivity index (χ0) is 33.3. The largest absolute Gasteiger partial charge is 0.363 e. The standard InChI is InChI=1S/C46H48N2/c1-35(2)46(44-27-25-42(29-36(44)3)47(31-38-17-9-5-10-18-38)32-39-19-11-6-12-20-39)45-28-26-43(30-37(45)4)48(33-40-21-13-7-14-22-40)34-41-23-15-8-16-24-41/h5-30,35,46H,31-34H2,1-4H3. The van der Waals surface area contributed by atoms with Crippen LogP contribution in [0.2, 0.25) is 0 Å². The van der Waals surface area contributed by atoms with Gasteiger partial charge in [-0.05, 0) is 88.5 Å². The van der Waals surface area contributed by atoms with Gasteiger partial charge in [-0.1, -0.05) is 147 Å². The lowest BCUT2D eigenvalue weighted by Gasteiger charge is -2.30. The molecule has 0 amide bonds. The third kappa shape index (κ3) is 8.25. The maximum absolute atomic E-state index is 2.50. The first-order chi connectivity index (χ1) is 23.4. The molecule has 0 aliphatic heterocycles. The summed E-state index contributed by atoms with van der Waals surface area (Å²) in [5.41, 5.74) is 13.3. The summed E-state index contributed by atoms with van der Waals surface area (Å²) in [6.07, 6.45) is 0. The molecule has 0 saturated heterocycles. The molecule has 2 nitrogen and oxygen atoms in total. The lowest BCUT2D eigenvalue weighted by atomic mass is 9.79. The van der Waals surface area contributed by atoms with Crippen molar-refractivity contribution in [3.8, 4) is 0 Å². The zero-order valence-electron chi connectivity index (χ0n) is 28.9. The van der Waals surface area contributed by atoms with Crippen LogP contribution in [0.25, 0.3) is 0 Å². The van der Waals surface area contributed by atoms with E-state index in [0.717, 1.165) is 26.2 Å². The second kappa shape index (κ2) is 15.7. The fraction of sp³-hybridized carbons (Fsp3) is 0.217. The van der Waals surface area contributed by atoms with Crippen molar-refractivity contribution in [2.45, 2.75) is 59.8 Å². The van der Waals surface area contributed by atoms with E-state index in [9.17, 15) is 0 Å². The number of nitrogens with zero attached hydrogens (tertiary/aromatic N) is 2. The van der Waals surface area contributed by atoms with E-state index in [4.69, 9.17) is 0 Å². The smallest absolute Gasteiger partial charge is 0.0433 e. The second-order valence-corrected chi connectivity index (χ2v) is 13.5. The fourth-order valence-corrected chi connectivity index (χ4v) is 6.99. The minimum Gasteiger partial charge on any atom is -0.363 e. The molecule has 2 heteroatoms. The first-order valence-electron chi connectivity index (χ1n) is 17.3. The van der Waals surface area contributed by atoms with Crippen LogP contribution in [0.5, 0.6) is 0 Å². The Morgan fingerprint density at radius 3 is 0.938 bits per heavy atom. The van der Waals surface area contributed by atoms with Crippen molar-refractivity contribution in [2.75, 3.05) is 9.80 Å². The molecule has 0 fully saturated rings. The predicted molar refractivity (Wildman–Crippen MR) is 205 cm³/mol. The molecule has 0 aliphatic rings. The summed E-state index contributed by atoms with van der Waals surface area (Å²) in [4.78, 5) is 5.00. The quantitative estimate of drug-likeness (QED) is 0.126. The highest BCUT2D eigenvalue weighted by atomic mass is 15.1. The SMILES string of the molecule is Cc1cc(N(Cc2ccccc2)Cc2ccccc2)ccc1C(c1ccc(N(Cc2ccccc2)Cc2ccccc2)cc1C)C(C)C. The minimum absolute atomic E-state index is 0.307.